The third-order valence-electron chi connectivity index (χ3n) is 6.16. The molecule has 172 valence electrons. The Hall–Kier alpha value is -2.37. The molecule has 0 aliphatic rings. The second-order valence-corrected chi connectivity index (χ2v) is 19.4. The van der Waals surface area contributed by atoms with E-state index in [0.29, 0.717) is 6.42 Å². The molecule has 3 aromatic carbocycles. The topological polar surface area (TPSA) is 46.5 Å². The van der Waals surface area contributed by atoms with E-state index < -0.39 is 24.5 Å². The fourth-order valence-electron chi connectivity index (χ4n) is 4.58. The van der Waals surface area contributed by atoms with Gasteiger partial charge in [0.1, 0.15) is 0 Å². The molecular formula is C29H34O3Sn. The first kappa shape index (κ1) is 25.3. The summed E-state index contributed by atoms with van der Waals surface area (Å²) in [5, 5.41) is 11.0. The number of esters is 1. The Morgan fingerprint density at radius 3 is 1.70 bits per heavy atom. The first-order valence-corrected chi connectivity index (χ1v) is 17.5. The molecule has 0 radical (unpaired) electrons. The monoisotopic (exact) mass is 550 g/mol. The molecule has 0 heterocycles. The van der Waals surface area contributed by atoms with Gasteiger partial charge in [0.2, 0.25) is 0 Å². The molecule has 0 spiro atoms. The summed E-state index contributed by atoms with van der Waals surface area (Å²) >= 11 is -3.92. The normalized spacial score (nSPS) is 12.9. The maximum atomic E-state index is 12.7. The number of methoxy groups -OCH3 is 1. The second-order valence-electron chi connectivity index (χ2n) is 8.36. The fraction of sp³-hybridized carbons (Fsp3) is 0.276. The molecule has 0 saturated carbocycles. The van der Waals surface area contributed by atoms with Gasteiger partial charge in [0.15, 0.2) is 0 Å². The zero-order chi connectivity index (χ0) is 23.5. The van der Waals surface area contributed by atoms with E-state index in [2.05, 4.69) is 79.7 Å². The SMILES string of the molecule is CCCCC[C@H](O)/C=[C](/CC(=O)OC)[Sn]([c]1ccccc1)([c]1ccccc1)[c]1ccccc1. The zero-order valence-electron chi connectivity index (χ0n) is 19.6. The van der Waals surface area contributed by atoms with Crippen molar-refractivity contribution in [2.75, 3.05) is 7.11 Å². The van der Waals surface area contributed by atoms with Gasteiger partial charge in [0, 0.05) is 0 Å². The number of ether oxygens (including phenoxy) is 1. The minimum absolute atomic E-state index is 0.177. The molecule has 33 heavy (non-hydrogen) atoms. The van der Waals surface area contributed by atoms with E-state index in [9.17, 15) is 9.90 Å². The Bertz CT molecular complexity index is 920. The van der Waals surface area contributed by atoms with Gasteiger partial charge in [-0.05, 0) is 0 Å². The van der Waals surface area contributed by atoms with Crippen molar-refractivity contribution in [1.82, 2.24) is 0 Å². The van der Waals surface area contributed by atoms with Crippen LogP contribution in [0.2, 0.25) is 0 Å². The van der Waals surface area contributed by atoms with Crippen LogP contribution in [-0.4, -0.2) is 42.7 Å². The molecule has 3 nitrogen and oxygen atoms in total. The predicted octanol–water partition coefficient (Wildman–Crippen LogP) is 4.13. The van der Waals surface area contributed by atoms with Gasteiger partial charge >= 0.3 is 203 Å². The van der Waals surface area contributed by atoms with Crippen LogP contribution in [0.1, 0.15) is 39.0 Å². The number of aliphatic hydroxyl groups excluding tert-OH is 1. The quantitative estimate of drug-likeness (QED) is 0.223. The Balaban J connectivity index is 2.31. The van der Waals surface area contributed by atoms with E-state index in [1.54, 1.807) is 0 Å². The second kappa shape index (κ2) is 12.8. The summed E-state index contributed by atoms with van der Waals surface area (Å²) in [7, 11) is 1.43. The van der Waals surface area contributed by atoms with Crippen molar-refractivity contribution in [3.8, 4) is 0 Å². The summed E-state index contributed by atoms with van der Waals surface area (Å²) in [6.07, 6.45) is 5.41. The van der Waals surface area contributed by atoms with Crippen LogP contribution >= 0.6 is 0 Å². The van der Waals surface area contributed by atoms with Crippen molar-refractivity contribution in [2.24, 2.45) is 0 Å². The molecule has 1 N–H and O–H groups in total. The number of carbonyl (C=O) groups is 1. The van der Waals surface area contributed by atoms with E-state index >= 15 is 0 Å². The van der Waals surface area contributed by atoms with Crippen molar-refractivity contribution < 1.29 is 14.6 Å². The summed E-state index contributed by atoms with van der Waals surface area (Å²) in [6, 6.07) is 31.6. The van der Waals surface area contributed by atoms with Crippen LogP contribution in [0.25, 0.3) is 0 Å². The summed E-state index contributed by atoms with van der Waals surface area (Å²) in [4.78, 5) is 12.7. The zero-order valence-corrected chi connectivity index (χ0v) is 22.5. The van der Waals surface area contributed by atoms with Crippen LogP contribution in [0.4, 0.5) is 0 Å². The number of rotatable bonds is 11. The van der Waals surface area contributed by atoms with Crippen molar-refractivity contribution >= 4 is 35.1 Å². The molecule has 0 saturated heterocycles. The predicted molar refractivity (Wildman–Crippen MR) is 139 cm³/mol. The number of aliphatic hydroxyl groups is 1. The van der Waals surface area contributed by atoms with Gasteiger partial charge in [-0.2, -0.15) is 0 Å². The average Bonchev–Trinajstić information content (AvgIpc) is 2.86. The van der Waals surface area contributed by atoms with Gasteiger partial charge in [-0.3, -0.25) is 0 Å². The number of hydrogen-bond acceptors (Lipinski definition) is 3. The number of carbonyl (C=O) groups excluding carboxylic acids is 1. The summed E-state index contributed by atoms with van der Waals surface area (Å²) < 4.78 is 9.92. The van der Waals surface area contributed by atoms with Crippen LogP contribution < -0.4 is 10.7 Å². The van der Waals surface area contributed by atoms with Crippen molar-refractivity contribution in [1.29, 1.82) is 0 Å². The van der Waals surface area contributed by atoms with Crippen molar-refractivity contribution in [3.63, 3.8) is 0 Å². The molecule has 0 bridgehead atoms. The Morgan fingerprint density at radius 1 is 0.848 bits per heavy atom. The van der Waals surface area contributed by atoms with E-state index in [-0.39, 0.29) is 12.4 Å². The molecule has 4 heteroatoms. The van der Waals surface area contributed by atoms with Crippen LogP contribution in [0.15, 0.2) is 101 Å². The molecule has 0 aromatic heterocycles. The van der Waals surface area contributed by atoms with E-state index in [1.165, 1.54) is 17.8 Å². The number of benzene rings is 3. The first-order valence-electron chi connectivity index (χ1n) is 11.8. The molecule has 3 aromatic rings. The molecule has 0 fully saturated rings. The first-order chi connectivity index (χ1) is 16.1. The van der Waals surface area contributed by atoms with Crippen LogP contribution in [0.5, 0.6) is 0 Å². The molecule has 0 amide bonds. The Labute approximate surface area is 202 Å². The van der Waals surface area contributed by atoms with Gasteiger partial charge in [-0.25, -0.2) is 0 Å². The average molecular weight is 549 g/mol. The van der Waals surface area contributed by atoms with E-state index in [1.807, 2.05) is 24.3 Å². The summed E-state index contributed by atoms with van der Waals surface area (Å²) in [5.41, 5.74) is 0. The molecule has 0 aliphatic heterocycles. The van der Waals surface area contributed by atoms with Crippen LogP contribution in [-0.2, 0) is 9.53 Å². The molecule has 1 atom stereocenters. The fourth-order valence-corrected chi connectivity index (χ4v) is 19.0. The van der Waals surface area contributed by atoms with Gasteiger partial charge in [0.25, 0.3) is 0 Å². The van der Waals surface area contributed by atoms with E-state index in [0.717, 1.165) is 22.9 Å². The molecule has 0 aliphatic carbocycles. The Kier molecular flexibility index (Phi) is 9.76. The van der Waals surface area contributed by atoms with Crippen molar-refractivity contribution in [2.45, 2.75) is 45.1 Å². The van der Waals surface area contributed by atoms with Gasteiger partial charge in [-0.15, -0.1) is 0 Å². The van der Waals surface area contributed by atoms with Gasteiger partial charge in [-0.1, -0.05) is 0 Å². The minimum atomic E-state index is -3.92. The third kappa shape index (κ3) is 6.15. The summed E-state index contributed by atoms with van der Waals surface area (Å²) in [6.45, 7) is 2.16. The standard InChI is InChI=1S/C11H19O3.3C6H5.Sn/c1-3-4-5-7-10(12)8-6-9-11(13)14-2;3*1-2-4-6-5-3-1;/h8,10,12H,3-5,7,9H2,1-2H3;3*1-5H;/t10-;;;;/m0..../s1. The van der Waals surface area contributed by atoms with Gasteiger partial charge < -0.3 is 0 Å². The third-order valence-corrected chi connectivity index (χ3v) is 20.2. The molecule has 0 unspecified atom stereocenters. The molecule has 3 rings (SSSR count). The summed E-state index contributed by atoms with van der Waals surface area (Å²) in [5.74, 6) is -0.272. The van der Waals surface area contributed by atoms with Crippen LogP contribution in [0.3, 0.4) is 0 Å². The van der Waals surface area contributed by atoms with Crippen LogP contribution in [0, 0.1) is 0 Å². The van der Waals surface area contributed by atoms with Crippen molar-refractivity contribution in [3.05, 3.63) is 101 Å². The Morgan fingerprint density at radius 2 is 1.30 bits per heavy atom. The van der Waals surface area contributed by atoms with E-state index in [4.69, 9.17) is 4.74 Å². The number of hydrogen-bond donors (Lipinski definition) is 1. The number of unbranched alkanes of at least 4 members (excludes halogenated alkanes) is 2. The van der Waals surface area contributed by atoms with Gasteiger partial charge in [0.05, 0.1) is 0 Å². The molecular weight excluding hydrogens is 515 g/mol. The maximum absolute atomic E-state index is 12.7.